The van der Waals surface area contributed by atoms with Crippen molar-refractivity contribution in [3.05, 3.63) is 142 Å². The molecule has 254 valence electrons. The van der Waals surface area contributed by atoms with Gasteiger partial charge in [0, 0.05) is 27.9 Å². The number of aromatic nitrogens is 1. The molecule has 0 aliphatic carbocycles. The lowest BCUT2D eigenvalue weighted by Crippen LogP contribution is -2.45. The lowest BCUT2D eigenvalue weighted by atomic mass is 9.71. The molecule has 0 bridgehead atoms. The summed E-state index contributed by atoms with van der Waals surface area (Å²) in [5.74, 6) is -1.60. The second-order valence-corrected chi connectivity index (χ2v) is 13.1. The largest absolute Gasteiger partial charge is 0.353 e. The van der Waals surface area contributed by atoms with E-state index >= 15 is 0 Å². The molecule has 6 rings (SSSR count). The van der Waals surface area contributed by atoms with Crippen LogP contribution in [0.3, 0.4) is 0 Å². The average molecular weight is 687 g/mol. The Morgan fingerprint density at radius 1 is 0.837 bits per heavy atom. The Hall–Kier alpha value is -4.60. The normalized spacial score (nSPS) is 14.2. The number of amides is 2. The van der Waals surface area contributed by atoms with Crippen LogP contribution in [0, 0.1) is 17.5 Å². The summed E-state index contributed by atoms with van der Waals surface area (Å²) in [5.41, 5.74) is 2.56. The standard InChI is InChI=1S/C39H38ClF3N4O2/c40-30-10-15-35-27(22-30)23-36(46-35)38(49)44-24-37(48)45-25-39(28-6-11-31(41)12-7-28,29-8-13-32(42)14-9-29)18-3-19-47-20-16-26(17-21-47)33-4-1-2-5-34(33)43/h1-2,4-15,22-23,26,46H,3,16-21,24-25H2,(H,44,49)(H,45,48). The van der Waals surface area contributed by atoms with Gasteiger partial charge in [-0.15, -0.1) is 0 Å². The van der Waals surface area contributed by atoms with E-state index in [1.807, 2.05) is 12.1 Å². The number of H-pyrrole nitrogens is 1. The summed E-state index contributed by atoms with van der Waals surface area (Å²) in [6.45, 7) is 2.31. The number of nitrogens with zero attached hydrogens (tertiary/aromatic N) is 1. The molecule has 1 aliphatic heterocycles. The molecule has 3 N–H and O–H groups in total. The smallest absolute Gasteiger partial charge is 0.268 e. The lowest BCUT2D eigenvalue weighted by molar-refractivity contribution is -0.120. The van der Waals surface area contributed by atoms with E-state index in [2.05, 4.69) is 20.5 Å². The highest BCUT2D eigenvalue weighted by Gasteiger charge is 2.35. The Kier molecular flexibility index (Phi) is 10.7. The quantitative estimate of drug-likeness (QED) is 0.126. The van der Waals surface area contributed by atoms with E-state index < -0.39 is 17.2 Å². The fourth-order valence-electron chi connectivity index (χ4n) is 6.96. The van der Waals surface area contributed by atoms with Gasteiger partial charge < -0.3 is 20.5 Å². The van der Waals surface area contributed by atoms with Gasteiger partial charge in [-0.05, 0) is 123 Å². The van der Waals surface area contributed by atoms with Crippen LogP contribution in [0.15, 0.2) is 97.1 Å². The number of piperidine rings is 1. The van der Waals surface area contributed by atoms with Crippen LogP contribution >= 0.6 is 11.6 Å². The molecule has 1 aliphatic rings. The molecule has 1 saturated heterocycles. The summed E-state index contributed by atoms with van der Waals surface area (Å²) in [6, 6.07) is 26.2. The summed E-state index contributed by atoms with van der Waals surface area (Å²) in [7, 11) is 0. The molecule has 1 aromatic heterocycles. The highest BCUT2D eigenvalue weighted by molar-refractivity contribution is 6.31. The van der Waals surface area contributed by atoms with Crippen molar-refractivity contribution in [2.24, 2.45) is 0 Å². The number of rotatable bonds is 12. The van der Waals surface area contributed by atoms with Gasteiger partial charge in [0.15, 0.2) is 0 Å². The second-order valence-electron chi connectivity index (χ2n) is 12.7. The van der Waals surface area contributed by atoms with Crippen molar-refractivity contribution in [3.8, 4) is 0 Å². The number of hydrogen-bond donors (Lipinski definition) is 3. The lowest BCUT2D eigenvalue weighted by Gasteiger charge is -2.37. The number of carbonyl (C=O) groups excluding carboxylic acids is 2. The van der Waals surface area contributed by atoms with Crippen LogP contribution < -0.4 is 10.6 Å². The number of aromatic amines is 1. The number of carbonyl (C=O) groups is 2. The van der Waals surface area contributed by atoms with Crippen LogP contribution in [0.2, 0.25) is 5.02 Å². The highest BCUT2D eigenvalue weighted by atomic mass is 35.5. The van der Waals surface area contributed by atoms with Gasteiger partial charge in [-0.3, -0.25) is 9.59 Å². The molecule has 1 fully saturated rings. The molecular formula is C39H38ClF3N4O2. The van der Waals surface area contributed by atoms with Gasteiger partial charge in [0.1, 0.15) is 23.1 Å². The van der Waals surface area contributed by atoms with Crippen LogP contribution in [-0.2, 0) is 10.2 Å². The molecular weight excluding hydrogens is 649 g/mol. The second kappa shape index (κ2) is 15.3. The third kappa shape index (κ3) is 8.17. The molecule has 2 heterocycles. The fourth-order valence-corrected chi connectivity index (χ4v) is 7.14. The van der Waals surface area contributed by atoms with Gasteiger partial charge in [0.05, 0.1) is 6.54 Å². The number of halogens is 4. The Labute approximate surface area is 288 Å². The van der Waals surface area contributed by atoms with Gasteiger partial charge in [-0.1, -0.05) is 54.1 Å². The maximum absolute atomic E-state index is 14.4. The van der Waals surface area contributed by atoms with Crippen LogP contribution in [0.4, 0.5) is 13.2 Å². The van der Waals surface area contributed by atoms with Crippen LogP contribution in [0.25, 0.3) is 10.9 Å². The summed E-state index contributed by atoms with van der Waals surface area (Å²) in [6.07, 6.45) is 3.02. The first-order valence-electron chi connectivity index (χ1n) is 16.5. The number of hydrogen-bond acceptors (Lipinski definition) is 3. The van der Waals surface area contributed by atoms with Crippen molar-refractivity contribution in [2.75, 3.05) is 32.7 Å². The van der Waals surface area contributed by atoms with Crippen molar-refractivity contribution < 1.29 is 22.8 Å². The van der Waals surface area contributed by atoms with Crippen molar-refractivity contribution in [2.45, 2.75) is 37.0 Å². The molecule has 2 amide bonds. The van der Waals surface area contributed by atoms with Gasteiger partial charge in [-0.2, -0.15) is 0 Å². The maximum Gasteiger partial charge on any atom is 0.268 e. The molecule has 5 aromatic rings. The van der Waals surface area contributed by atoms with Gasteiger partial charge in [0.25, 0.3) is 5.91 Å². The van der Waals surface area contributed by atoms with Crippen molar-refractivity contribution >= 4 is 34.3 Å². The minimum Gasteiger partial charge on any atom is -0.353 e. The number of benzene rings is 4. The number of fused-ring (bicyclic) bond motifs is 1. The molecule has 0 radical (unpaired) electrons. The third-order valence-electron chi connectivity index (χ3n) is 9.63. The van der Waals surface area contributed by atoms with Gasteiger partial charge in [0.2, 0.25) is 5.91 Å². The zero-order chi connectivity index (χ0) is 34.4. The SMILES string of the molecule is O=C(CNC(=O)c1cc2cc(Cl)ccc2[nH]1)NCC(CCCN1CCC(c2ccccc2F)CC1)(c1ccc(F)cc1)c1ccc(F)cc1. The van der Waals surface area contributed by atoms with Crippen molar-refractivity contribution in [3.63, 3.8) is 0 Å². The van der Waals surface area contributed by atoms with Crippen molar-refractivity contribution in [1.29, 1.82) is 0 Å². The van der Waals surface area contributed by atoms with E-state index in [9.17, 15) is 22.8 Å². The summed E-state index contributed by atoms with van der Waals surface area (Å²) in [4.78, 5) is 31.5. The Morgan fingerprint density at radius 3 is 2.14 bits per heavy atom. The Bertz CT molecular complexity index is 1860. The summed E-state index contributed by atoms with van der Waals surface area (Å²) >= 11 is 6.07. The third-order valence-corrected chi connectivity index (χ3v) is 9.86. The van der Waals surface area contributed by atoms with Crippen LogP contribution in [0.1, 0.15) is 58.8 Å². The molecule has 49 heavy (non-hydrogen) atoms. The zero-order valence-corrected chi connectivity index (χ0v) is 27.7. The molecule has 4 aromatic carbocycles. The monoisotopic (exact) mass is 686 g/mol. The van der Waals surface area contributed by atoms with E-state index in [0.29, 0.717) is 17.1 Å². The van der Waals surface area contributed by atoms with E-state index in [4.69, 9.17) is 11.6 Å². The number of likely N-dealkylation sites (tertiary alicyclic amines) is 1. The topological polar surface area (TPSA) is 77.2 Å². The molecule has 0 spiro atoms. The average Bonchev–Trinajstić information content (AvgIpc) is 3.54. The number of nitrogens with one attached hydrogen (secondary N) is 3. The highest BCUT2D eigenvalue weighted by Crippen LogP contribution is 2.38. The predicted octanol–water partition coefficient (Wildman–Crippen LogP) is 7.73. The first-order chi connectivity index (χ1) is 23.7. The summed E-state index contributed by atoms with van der Waals surface area (Å²) in [5, 5.41) is 6.98. The van der Waals surface area contributed by atoms with Crippen LogP contribution in [-0.4, -0.2) is 54.4 Å². The maximum atomic E-state index is 14.4. The molecule has 10 heteroatoms. The zero-order valence-electron chi connectivity index (χ0n) is 27.0. The summed E-state index contributed by atoms with van der Waals surface area (Å²) < 4.78 is 42.7. The molecule has 0 unspecified atom stereocenters. The predicted molar refractivity (Wildman–Crippen MR) is 186 cm³/mol. The van der Waals surface area contributed by atoms with E-state index in [-0.39, 0.29) is 36.5 Å². The Morgan fingerprint density at radius 2 is 1.49 bits per heavy atom. The fraction of sp³-hybridized carbons (Fsp3) is 0.282. The minimum atomic E-state index is -0.816. The Balaban J connectivity index is 1.14. The molecule has 0 saturated carbocycles. The molecule has 6 nitrogen and oxygen atoms in total. The first-order valence-corrected chi connectivity index (χ1v) is 16.9. The minimum absolute atomic E-state index is 0.138. The van der Waals surface area contributed by atoms with Crippen molar-refractivity contribution in [1.82, 2.24) is 20.5 Å². The van der Waals surface area contributed by atoms with E-state index in [1.165, 1.54) is 30.3 Å². The molecule has 0 atom stereocenters. The first kappa shape index (κ1) is 34.3. The van der Waals surface area contributed by atoms with Crippen LogP contribution in [0.5, 0.6) is 0 Å². The van der Waals surface area contributed by atoms with E-state index in [0.717, 1.165) is 66.5 Å². The van der Waals surface area contributed by atoms with Gasteiger partial charge >= 0.3 is 0 Å². The van der Waals surface area contributed by atoms with Gasteiger partial charge in [-0.25, -0.2) is 13.2 Å². The van der Waals surface area contributed by atoms with E-state index in [1.54, 1.807) is 54.6 Å².